The van der Waals surface area contributed by atoms with Gasteiger partial charge in [-0.25, -0.2) is 5.43 Å². The van der Waals surface area contributed by atoms with E-state index in [1.165, 1.54) is 0 Å². The van der Waals surface area contributed by atoms with E-state index in [2.05, 4.69) is 31.4 Å². The first-order valence-corrected chi connectivity index (χ1v) is 6.72. The Bertz CT molecular complexity index is 632. The van der Waals surface area contributed by atoms with Gasteiger partial charge in [0.1, 0.15) is 11.4 Å². The lowest BCUT2D eigenvalue weighted by molar-refractivity contribution is 0.0950. The van der Waals surface area contributed by atoms with Crippen LogP contribution in [0.25, 0.3) is 0 Å². The highest BCUT2D eigenvalue weighted by molar-refractivity contribution is 9.10. The molecule has 0 spiro atoms. The van der Waals surface area contributed by atoms with E-state index in [-0.39, 0.29) is 5.91 Å². The third kappa shape index (κ3) is 3.48. The van der Waals surface area contributed by atoms with Gasteiger partial charge in [0, 0.05) is 10.7 Å². The molecule has 0 fully saturated rings. The van der Waals surface area contributed by atoms with Crippen LogP contribution in [0.4, 0.5) is 0 Å². The second-order valence-electron chi connectivity index (χ2n) is 4.10. The van der Waals surface area contributed by atoms with E-state index in [0.29, 0.717) is 11.4 Å². The van der Waals surface area contributed by atoms with Gasteiger partial charge in [0.2, 0.25) is 0 Å². The maximum absolute atomic E-state index is 11.8. The minimum atomic E-state index is -0.288. The quantitative estimate of drug-likeness (QED) is 0.666. The molecule has 1 aromatic heterocycles. The highest BCUT2D eigenvalue weighted by atomic mass is 79.9. The number of H-pyrrole nitrogens is 1. The summed E-state index contributed by atoms with van der Waals surface area (Å²) >= 11 is 3.27. The van der Waals surface area contributed by atoms with Crippen LogP contribution >= 0.6 is 15.9 Å². The first kappa shape index (κ1) is 14.3. The number of benzene rings is 1. The summed E-state index contributed by atoms with van der Waals surface area (Å²) in [6.45, 7) is 1.83. The number of halogens is 1. The number of aromatic amines is 1. The molecule has 0 aliphatic carbocycles. The summed E-state index contributed by atoms with van der Waals surface area (Å²) in [7, 11) is 1.62. The lowest BCUT2D eigenvalue weighted by Crippen LogP contribution is -2.19. The first-order valence-electron chi connectivity index (χ1n) is 5.93. The van der Waals surface area contributed by atoms with Crippen molar-refractivity contribution >= 4 is 27.5 Å². The molecule has 1 amide bonds. The second kappa shape index (κ2) is 6.38. The molecular formula is C14H14BrN3O2. The lowest BCUT2D eigenvalue weighted by Gasteiger charge is -2.03. The highest BCUT2D eigenvalue weighted by Gasteiger charge is 2.07. The van der Waals surface area contributed by atoms with Crippen LogP contribution in [0.3, 0.4) is 0 Å². The van der Waals surface area contributed by atoms with Gasteiger partial charge < -0.3 is 9.72 Å². The molecule has 2 N–H and O–H groups in total. The number of aromatic nitrogens is 1. The average Bonchev–Trinajstić information content (AvgIpc) is 2.91. The van der Waals surface area contributed by atoms with Gasteiger partial charge in [-0.15, -0.1) is 0 Å². The van der Waals surface area contributed by atoms with Gasteiger partial charge in [0.25, 0.3) is 5.91 Å². The fourth-order valence-corrected chi connectivity index (χ4v) is 1.93. The van der Waals surface area contributed by atoms with E-state index < -0.39 is 0 Å². The van der Waals surface area contributed by atoms with Crippen molar-refractivity contribution in [3.05, 3.63) is 52.3 Å². The standard InChI is InChI=1S/C14H14BrN3O2/c1-9(10-3-5-12(20-2)6-4-10)17-18-14(19)13-7-11(15)8-16-13/h3-8,16H,1-2H3,(H,18,19)/b17-9-. The largest absolute Gasteiger partial charge is 0.497 e. The second-order valence-corrected chi connectivity index (χ2v) is 5.01. The van der Waals surface area contributed by atoms with Gasteiger partial charge in [-0.05, 0) is 58.7 Å². The summed E-state index contributed by atoms with van der Waals surface area (Å²) in [5.41, 5.74) is 4.58. The summed E-state index contributed by atoms with van der Waals surface area (Å²) in [5, 5.41) is 4.08. The van der Waals surface area contributed by atoms with Gasteiger partial charge in [0.05, 0.1) is 12.8 Å². The van der Waals surface area contributed by atoms with Crippen LogP contribution in [0.1, 0.15) is 23.0 Å². The number of carbonyl (C=O) groups excluding carboxylic acids is 1. The van der Waals surface area contributed by atoms with Crippen LogP contribution in [-0.2, 0) is 0 Å². The molecule has 6 heteroatoms. The van der Waals surface area contributed by atoms with Crippen LogP contribution in [0, 0.1) is 0 Å². The molecule has 0 atom stereocenters. The zero-order valence-corrected chi connectivity index (χ0v) is 12.7. The van der Waals surface area contributed by atoms with Gasteiger partial charge >= 0.3 is 0 Å². The van der Waals surface area contributed by atoms with Crippen molar-refractivity contribution in [3.8, 4) is 5.75 Å². The summed E-state index contributed by atoms with van der Waals surface area (Å²) in [6, 6.07) is 9.15. The minimum absolute atomic E-state index is 0.288. The van der Waals surface area contributed by atoms with E-state index in [0.717, 1.165) is 15.8 Å². The molecule has 2 rings (SSSR count). The van der Waals surface area contributed by atoms with Crippen molar-refractivity contribution in [1.82, 2.24) is 10.4 Å². The van der Waals surface area contributed by atoms with Crippen LogP contribution < -0.4 is 10.2 Å². The Kier molecular flexibility index (Phi) is 4.57. The van der Waals surface area contributed by atoms with Crippen molar-refractivity contribution in [1.29, 1.82) is 0 Å². The number of carbonyl (C=O) groups is 1. The first-order chi connectivity index (χ1) is 9.60. The van der Waals surface area contributed by atoms with Gasteiger partial charge in [-0.1, -0.05) is 0 Å². The fraction of sp³-hybridized carbons (Fsp3) is 0.143. The molecule has 0 saturated carbocycles. The monoisotopic (exact) mass is 335 g/mol. The molecule has 1 aromatic carbocycles. The number of hydrazone groups is 1. The third-order valence-corrected chi connectivity index (χ3v) is 3.18. The number of rotatable bonds is 4. The van der Waals surface area contributed by atoms with Gasteiger partial charge in [-0.2, -0.15) is 5.10 Å². The van der Waals surface area contributed by atoms with E-state index in [9.17, 15) is 4.79 Å². The number of methoxy groups -OCH3 is 1. The molecule has 0 unspecified atom stereocenters. The number of nitrogens with one attached hydrogen (secondary N) is 2. The SMILES string of the molecule is COc1ccc(/C(C)=N\NC(=O)c2cc(Br)c[nH]2)cc1. The maximum atomic E-state index is 11.8. The molecular weight excluding hydrogens is 322 g/mol. The predicted octanol–water partition coefficient (Wildman–Crippen LogP) is 2.94. The Hall–Kier alpha value is -2.08. The van der Waals surface area contributed by atoms with Crippen LogP contribution in [0.2, 0.25) is 0 Å². The molecule has 0 aliphatic rings. The number of ether oxygens (including phenoxy) is 1. The predicted molar refractivity (Wildman–Crippen MR) is 81.2 cm³/mol. The fourth-order valence-electron chi connectivity index (χ4n) is 1.59. The number of hydrogen-bond acceptors (Lipinski definition) is 3. The van der Waals surface area contributed by atoms with Gasteiger partial charge in [0.15, 0.2) is 0 Å². The van der Waals surface area contributed by atoms with E-state index in [1.54, 1.807) is 19.4 Å². The Morgan fingerprint density at radius 1 is 1.35 bits per heavy atom. The molecule has 0 saturated heterocycles. The zero-order chi connectivity index (χ0) is 14.5. The molecule has 5 nitrogen and oxygen atoms in total. The Balaban J connectivity index is 2.04. The van der Waals surface area contributed by atoms with Crippen molar-refractivity contribution in [2.24, 2.45) is 5.10 Å². The smallest absolute Gasteiger partial charge is 0.287 e. The van der Waals surface area contributed by atoms with Crippen molar-refractivity contribution in [2.75, 3.05) is 7.11 Å². The number of hydrogen-bond donors (Lipinski definition) is 2. The van der Waals surface area contributed by atoms with Crippen LogP contribution in [0.5, 0.6) is 5.75 Å². The lowest BCUT2D eigenvalue weighted by atomic mass is 10.1. The normalized spacial score (nSPS) is 11.2. The minimum Gasteiger partial charge on any atom is -0.497 e. The van der Waals surface area contributed by atoms with Gasteiger partial charge in [-0.3, -0.25) is 4.79 Å². The summed E-state index contributed by atoms with van der Waals surface area (Å²) in [5.74, 6) is 0.491. The van der Waals surface area contributed by atoms with Crippen LogP contribution in [0.15, 0.2) is 46.1 Å². The van der Waals surface area contributed by atoms with Crippen molar-refractivity contribution in [2.45, 2.75) is 6.92 Å². The third-order valence-electron chi connectivity index (χ3n) is 2.73. The van der Waals surface area contributed by atoms with E-state index in [4.69, 9.17) is 4.74 Å². The average molecular weight is 336 g/mol. The number of amides is 1. The van der Waals surface area contributed by atoms with Crippen LogP contribution in [-0.4, -0.2) is 23.7 Å². The highest BCUT2D eigenvalue weighted by Crippen LogP contribution is 2.12. The Morgan fingerprint density at radius 2 is 2.05 bits per heavy atom. The van der Waals surface area contributed by atoms with Crippen molar-refractivity contribution < 1.29 is 9.53 Å². The molecule has 2 aromatic rings. The molecule has 0 aliphatic heterocycles. The molecule has 0 radical (unpaired) electrons. The summed E-state index contributed by atoms with van der Waals surface area (Å²) < 4.78 is 5.91. The van der Waals surface area contributed by atoms with Crippen molar-refractivity contribution in [3.63, 3.8) is 0 Å². The maximum Gasteiger partial charge on any atom is 0.287 e. The zero-order valence-electron chi connectivity index (χ0n) is 11.1. The molecule has 104 valence electrons. The Labute approximate surface area is 125 Å². The summed E-state index contributed by atoms with van der Waals surface area (Å²) in [6.07, 6.45) is 1.69. The topological polar surface area (TPSA) is 66.5 Å². The van der Waals surface area contributed by atoms with E-state index in [1.807, 2.05) is 31.2 Å². The molecule has 1 heterocycles. The molecule has 0 bridgehead atoms. The summed E-state index contributed by atoms with van der Waals surface area (Å²) in [4.78, 5) is 14.6. The van der Waals surface area contributed by atoms with E-state index >= 15 is 0 Å². The molecule has 20 heavy (non-hydrogen) atoms. The number of nitrogens with zero attached hydrogens (tertiary/aromatic N) is 1. The Morgan fingerprint density at radius 3 is 2.60 bits per heavy atom.